The Morgan fingerprint density at radius 2 is 2.07 bits per heavy atom. The van der Waals surface area contributed by atoms with E-state index in [0.717, 1.165) is 6.61 Å². The number of aliphatic hydroxyl groups is 2. The van der Waals surface area contributed by atoms with Gasteiger partial charge in [0.15, 0.2) is 0 Å². The number of hydrogen-bond acceptors (Lipinski definition) is 6. The molecule has 0 aliphatic carbocycles. The third-order valence-corrected chi connectivity index (χ3v) is 2.16. The minimum Gasteiger partial charge on any atom is -0.387 e. The van der Waals surface area contributed by atoms with Gasteiger partial charge in [0.1, 0.15) is 31.1 Å². The maximum absolute atomic E-state index is 10.4. The quantitative estimate of drug-likeness (QED) is 0.267. The van der Waals surface area contributed by atoms with E-state index in [2.05, 4.69) is 9.26 Å². The smallest absolute Gasteiger partial charge is 0.387 e. The summed E-state index contributed by atoms with van der Waals surface area (Å²) in [5, 5.41) is 18.2. The Bertz CT molecular complexity index is 242. The van der Waals surface area contributed by atoms with Crippen LogP contribution in [0.25, 0.3) is 0 Å². The van der Waals surface area contributed by atoms with Crippen LogP contribution in [0.5, 0.6) is 0 Å². The number of aliphatic hydroxyl groups excluding tert-OH is 2. The van der Waals surface area contributed by atoms with E-state index in [9.17, 15) is 9.67 Å². The maximum Gasteiger partial charge on any atom is 0.471 e. The molecule has 1 rings (SSSR count). The molecule has 1 aliphatic heterocycles. The van der Waals surface area contributed by atoms with Crippen LogP contribution in [-0.2, 0) is 13.8 Å². The van der Waals surface area contributed by atoms with E-state index >= 15 is 0 Å². The van der Waals surface area contributed by atoms with Crippen molar-refractivity contribution in [2.45, 2.75) is 24.5 Å². The number of hydrogen-bond donors (Lipinski definition) is 5. The van der Waals surface area contributed by atoms with Crippen molar-refractivity contribution in [2.75, 3.05) is 0 Å². The summed E-state index contributed by atoms with van der Waals surface area (Å²) in [6.45, 7) is 0.915. The second kappa shape index (κ2) is 4.21. The van der Waals surface area contributed by atoms with Crippen molar-refractivity contribution in [3.63, 3.8) is 0 Å². The molecule has 83 valence electrons. The fourth-order valence-electron chi connectivity index (χ4n) is 1.02. The number of phosphoric acid groups is 1. The van der Waals surface area contributed by atoms with Crippen LogP contribution in [0.3, 0.4) is 0 Å². The Hall–Kier alpha value is -0.0500. The molecular formula is C5H11NO7P. The predicted octanol–water partition coefficient (Wildman–Crippen LogP) is -2.34. The fraction of sp³-hybridized carbons (Fsp3) is 0.800. The van der Waals surface area contributed by atoms with Gasteiger partial charge in [-0.25, -0.2) is 4.57 Å². The Balaban J connectivity index is 2.54. The van der Waals surface area contributed by atoms with Gasteiger partial charge in [-0.1, -0.05) is 0 Å². The van der Waals surface area contributed by atoms with E-state index in [4.69, 9.17) is 20.6 Å². The van der Waals surface area contributed by atoms with Crippen LogP contribution in [0.15, 0.2) is 0 Å². The second-order valence-corrected chi connectivity index (χ2v) is 3.97. The lowest BCUT2D eigenvalue weighted by molar-refractivity contribution is -0.0413. The molecule has 0 aromatic rings. The van der Waals surface area contributed by atoms with Crippen LogP contribution < -0.4 is 5.73 Å². The monoisotopic (exact) mass is 228 g/mol. The van der Waals surface area contributed by atoms with Crippen LogP contribution in [0.1, 0.15) is 0 Å². The topological polar surface area (TPSA) is 142 Å². The fourth-order valence-corrected chi connectivity index (χ4v) is 1.45. The van der Waals surface area contributed by atoms with Crippen LogP contribution >= 0.6 is 7.82 Å². The first-order valence-electron chi connectivity index (χ1n) is 3.66. The Kier molecular flexibility index (Phi) is 3.62. The second-order valence-electron chi connectivity index (χ2n) is 2.78. The summed E-state index contributed by atoms with van der Waals surface area (Å²) in [6, 6.07) is 0. The van der Waals surface area contributed by atoms with Gasteiger partial charge in [-0.3, -0.25) is 4.52 Å². The summed E-state index contributed by atoms with van der Waals surface area (Å²) >= 11 is 0. The minimum absolute atomic E-state index is 0.915. The number of phosphoric ester groups is 1. The zero-order valence-electron chi connectivity index (χ0n) is 6.92. The molecule has 1 aliphatic rings. The zero-order chi connectivity index (χ0) is 10.9. The van der Waals surface area contributed by atoms with Crippen LogP contribution in [0, 0.1) is 6.61 Å². The van der Waals surface area contributed by atoms with Crippen molar-refractivity contribution in [2.24, 2.45) is 5.73 Å². The molecule has 0 aromatic heterocycles. The molecule has 1 unspecified atom stereocenters. The van der Waals surface area contributed by atoms with Crippen molar-refractivity contribution in [1.82, 2.24) is 0 Å². The standard InChI is InChI=1S/C5H11NO7P/c6-5(13-14(9,10)11)4-3(8)2(7)1-12-4/h1-5,7-8H,6H2,(H2,9,10,11)/t2-,3-,4-,5?/m0/s1. The molecule has 8 nitrogen and oxygen atoms in total. The van der Waals surface area contributed by atoms with Gasteiger partial charge >= 0.3 is 7.82 Å². The predicted molar refractivity (Wildman–Crippen MR) is 42.3 cm³/mol. The number of ether oxygens (including phenoxy) is 1. The molecule has 1 saturated heterocycles. The van der Waals surface area contributed by atoms with Gasteiger partial charge in [0.25, 0.3) is 0 Å². The molecular weight excluding hydrogens is 217 g/mol. The lowest BCUT2D eigenvalue weighted by Gasteiger charge is -2.21. The first-order valence-corrected chi connectivity index (χ1v) is 5.19. The van der Waals surface area contributed by atoms with Gasteiger partial charge in [0.05, 0.1) is 0 Å². The molecule has 9 heteroatoms. The van der Waals surface area contributed by atoms with E-state index in [1.54, 1.807) is 0 Å². The van der Waals surface area contributed by atoms with Crippen molar-refractivity contribution < 1.29 is 33.8 Å². The molecule has 1 fully saturated rings. The Labute approximate surface area is 79.5 Å². The molecule has 0 aromatic carbocycles. The zero-order valence-corrected chi connectivity index (χ0v) is 7.82. The average molecular weight is 228 g/mol. The summed E-state index contributed by atoms with van der Waals surface area (Å²) in [4.78, 5) is 16.8. The third-order valence-electron chi connectivity index (χ3n) is 1.64. The Morgan fingerprint density at radius 3 is 2.43 bits per heavy atom. The van der Waals surface area contributed by atoms with E-state index in [0.29, 0.717) is 0 Å². The van der Waals surface area contributed by atoms with Crippen molar-refractivity contribution in [3.8, 4) is 0 Å². The van der Waals surface area contributed by atoms with Crippen molar-refractivity contribution in [3.05, 3.63) is 6.61 Å². The summed E-state index contributed by atoms with van der Waals surface area (Å²) in [6.07, 6.45) is -5.32. The summed E-state index contributed by atoms with van der Waals surface area (Å²) < 4.78 is 19.1. The molecule has 0 amide bonds. The first-order chi connectivity index (χ1) is 6.31. The van der Waals surface area contributed by atoms with Crippen molar-refractivity contribution in [1.29, 1.82) is 0 Å². The van der Waals surface area contributed by atoms with Gasteiger partial charge in [-0.2, -0.15) is 0 Å². The van der Waals surface area contributed by atoms with Gasteiger partial charge in [-0.15, -0.1) is 0 Å². The third kappa shape index (κ3) is 2.97. The SMILES string of the molecule is NC(OP(=O)(O)O)[C@H]1O[CH][C@H](O)[C@@H]1O. The number of nitrogens with two attached hydrogens (primary N) is 1. The van der Waals surface area contributed by atoms with Crippen LogP contribution in [-0.4, -0.2) is 44.5 Å². The molecule has 0 saturated carbocycles. The minimum atomic E-state index is -4.73. The molecule has 14 heavy (non-hydrogen) atoms. The molecule has 1 heterocycles. The molecule has 4 atom stereocenters. The lowest BCUT2D eigenvalue weighted by Crippen LogP contribution is -2.44. The average Bonchev–Trinajstić information content (AvgIpc) is 2.29. The Morgan fingerprint density at radius 1 is 1.50 bits per heavy atom. The van der Waals surface area contributed by atoms with Crippen LogP contribution in [0.2, 0.25) is 0 Å². The molecule has 1 radical (unpaired) electrons. The van der Waals surface area contributed by atoms with E-state index in [1.807, 2.05) is 0 Å². The highest BCUT2D eigenvalue weighted by atomic mass is 31.2. The largest absolute Gasteiger partial charge is 0.471 e. The first kappa shape index (κ1) is 12.0. The highest BCUT2D eigenvalue weighted by Crippen LogP contribution is 2.38. The molecule has 0 spiro atoms. The summed E-state index contributed by atoms with van der Waals surface area (Å²) in [5.74, 6) is 0. The normalized spacial score (nSPS) is 35.9. The highest BCUT2D eigenvalue weighted by Gasteiger charge is 2.41. The highest BCUT2D eigenvalue weighted by molar-refractivity contribution is 7.46. The van der Waals surface area contributed by atoms with Gasteiger partial charge in [-0.05, 0) is 0 Å². The number of rotatable bonds is 3. The van der Waals surface area contributed by atoms with Crippen LogP contribution in [0.4, 0.5) is 0 Å². The van der Waals surface area contributed by atoms with Gasteiger partial charge in [0.2, 0.25) is 0 Å². The lowest BCUT2D eigenvalue weighted by atomic mass is 10.1. The van der Waals surface area contributed by atoms with Gasteiger partial charge in [0, 0.05) is 0 Å². The summed E-state index contributed by atoms with van der Waals surface area (Å²) in [7, 11) is -4.73. The molecule has 6 N–H and O–H groups in total. The van der Waals surface area contributed by atoms with E-state index in [1.165, 1.54) is 0 Å². The van der Waals surface area contributed by atoms with E-state index in [-0.39, 0.29) is 0 Å². The molecule has 0 bridgehead atoms. The maximum atomic E-state index is 10.4. The summed E-state index contributed by atoms with van der Waals surface area (Å²) in [5.41, 5.74) is 5.19. The van der Waals surface area contributed by atoms with E-state index < -0.39 is 32.4 Å². The van der Waals surface area contributed by atoms with Gasteiger partial charge < -0.3 is 30.5 Å². The van der Waals surface area contributed by atoms with Crippen molar-refractivity contribution >= 4 is 7.82 Å².